The zero-order chi connectivity index (χ0) is 11.3. The Hall–Kier alpha value is -0.120. The van der Waals surface area contributed by atoms with Crippen molar-refractivity contribution < 1.29 is 9.47 Å². The molecule has 0 amide bonds. The maximum atomic E-state index is 5.71. The lowest BCUT2D eigenvalue weighted by molar-refractivity contribution is -0.0447. The number of nitrogens with one attached hydrogen (secondary N) is 1. The minimum Gasteiger partial charge on any atom is -0.380 e. The molecular weight excluding hydrogens is 190 g/mol. The summed E-state index contributed by atoms with van der Waals surface area (Å²) in [5.41, 5.74) is 0. The van der Waals surface area contributed by atoms with Crippen molar-refractivity contribution in [2.75, 3.05) is 13.2 Å². The van der Waals surface area contributed by atoms with Gasteiger partial charge in [0.05, 0.1) is 18.8 Å². The fourth-order valence-electron chi connectivity index (χ4n) is 2.29. The molecule has 1 aliphatic rings. The smallest absolute Gasteiger partial charge is 0.0616 e. The van der Waals surface area contributed by atoms with Gasteiger partial charge in [-0.15, -0.1) is 0 Å². The Bertz CT molecular complexity index is 165. The molecule has 0 spiro atoms. The van der Waals surface area contributed by atoms with Gasteiger partial charge in [0.2, 0.25) is 0 Å². The van der Waals surface area contributed by atoms with E-state index in [-0.39, 0.29) is 0 Å². The quantitative estimate of drug-likeness (QED) is 0.760. The fourth-order valence-corrected chi connectivity index (χ4v) is 2.29. The maximum Gasteiger partial charge on any atom is 0.0616 e. The lowest BCUT2D eigenvalue weighted by Gasteiger charge is -2.34. The Morgan fingerprint density at radius 2 is 1.93 bits per heavy atom. The van der Waals surface area contributed by atoms with E-state index >= 15 is 0 Å². The van der Waals surface area contributed by atoms with Crippen LogP contribution in [0.5, 0.6) is 0 Å². The first-order valence-electron chi connectivity index (χ1n) is 6.11. The van der Waals surface area contributed by atoms with E-state index in [1.807, 2.05) is 6.92 Å². The predicted molar refractivity (Wildman–Crippen MR) is 62.1 cm³/mol. The topological polar surface area (TPSA) is 30.5 Å². The molecule has 0 aliphatic carbocycles. The molecule has 0 radical (unpaired) electrons. The van der Waals surface area contributed by atoms with Gasteiger partial charge in [-0.3, -0.25) is 0 Å². The minimum absolute atomic E-state index is 0.380. The first-order valence-corrected chi connectivity index (χ1v) is 6.11. The van der Waals surface area contributed by atoms with Gasteiger partial charge in [0, 0.05) is 18.7 Å². The highest BCUT2D eigenvalue weighted by Gasteiger charge is 2.24. The average molecular weight is 215 g/mol. The summed E-state index contributed by atoms with van der Waals surface area (Å²) in [7, 11) is 0. The average Bonchev–Trinajstić information content (AvgIpc) is 2.13. The molecule has 15 heavy (non-hydrogen) atoms. The van der Waals surface area contributed by atoms with Crippen LogP contribution in [-0.4, -0.2) is 37.5 Å². The maximum absolute atomic E-state index is 5.71. The van der Waals surface area contributed by atoms with Gasteiger partial charge in [-0.05, 0) is 40.5 Å². The van der Waals surface area contributed by atoms with Gasteiger partial charge in [-0.2, -0.15) is 0 Å². The van der Waals surface area contributed by atoms with E-state index in [4.69, 9.17) is 9.47 Å². The third-order valence-corrected chi connectivity index (χ3v) is 2.79. The largest absolute Gasteiger partial charge is 0.380 e. The van der Waals surface area contributed by atoms with Crippen molar-refractivity contribution in [1.82, 2.24) is 5.32 Å². The summed E-state index contributed by atoms with van der Waals surface area (Å²) in [5.74, 6) is 0. The lowest BCUT2D eigenvalue weighted by Crippen LogP contribution is -2.46. The van der Waals surface area contributed by atoms with E-state index in [9.17, 15) is 0 Å². The summed E-state index contributed by atoms with van der Waals surface area (Å²) in [6.07, 6.45) is 2.98. The third kappa shape index (κ3) is 4.96. The van der Waals surface area contributed by atoms with Crippen LogP contribution in [0.1, 0.15) is 40.5 Å². The molecule has 90 valence electrons. The Morgan fingerprint density at radius 3 is 2.47 bits per heavy atom. The Labute approximate surface area is 93.5 Å². The molecule has 0 saturated carbocycles. The Balaban J connectivity index is 2.24. The molecule has 3 unspecified atom stereocenters. The van der Waals surface area contributed by atoms with Gasteiger partial charge in [0.15, 0.2) is 0 Å². The van der Waals surface area contributed by atoms with Crippen LogP contribution in [0.4, 0.5) is 0 Å². The van der Waals surface area contributed by atoms with Crippen LogP contribution in [0, 0.1) is 0 Å². The van der Waals surface area contributed by atoms with Crippen molar-refractivity contribution in [2.24, 2.45) is 0 Å². The van der Waals surface area contributed by atoms with Crippen molar-refractivity contribution >= 4 is 0 Å². The van der Waals surface area contributed by atoms with Crippen molar-refractivity contribution in [2.45, 2.75) is 64.8 Å². The molecular formula is C12H25NO2. The summed E-state index contributed by atoms with van der Waals surface area (Å²) < 4.78 is 11.1. The Kier molecular flexibility index (Phi) is 5.58. The van der Waals surface area contributed by atoms with Crippen LogP contribution < -0.4 is 5.32 Å². The van der Waals surface area contributed by atoms with Gasteiger partial charge >= 0.3 is 0 Å². The SMILES string of the molecule is CCOCC(C)NC1CC(C)OC(C)C1. The molecule has 3 heteroatoms. The standard InChI is InChI=1S/C12H25NO2/c1-5-14-8-9(2)13-12-6-10(3)15-11(4)7-12/h9-13H,5-8H2,1-4H3. The van der Waals surface area contributed by atoms with Crippen LogP contribution in [-0.2, 0) is 9.47 Å². The van der Waals surface area contributed by atoms with Crippen molar-refractivity contribution in [3.63, 3.8) is 0 Å². The molecule has 1 aliphatic heterocycles. The lowest BCUT2D eigenvalue weighted by atomic mass is 9.99. The molecule has 1 heterocycles. The first kappa shape index (κ1) is 12.9. The molecule has 1 N–H and O–H groups in total. The van der Waals surface area contributed by atoms with Gasteiger partial charge in [0.1, 0.15) is 0 Å². The van der Waals surface area contributed by atoms with Crippen LogP contribution >= 0.6 is 0 Å². The highest BCUT2D eigenvalue weighted by atomic mass is 16.5. The number of ether oxygens (including phenoxy) is 2. The van der Waals surface area contributed by atoms with Gasteiger partial charge in [-0.25, -0.2) is 0 Å². The van der Waals surface area contributed by atoms with Gasteiger partial charge in [0.25, 0.3) is 0 Å². The van der Waals surface area contributed by atoms with E-state index in [1.165, 1.54) is 0 Å². The number of hydrogen-bond acceptors (Lipinski definition) is 3. The van der Waals surface area contributed by atoms with Crippen LogP contribution in [0.3, 0.4) is 0 Å². The Morgan fingerprint density at radius 1 is 1.33 bits per heavy atom. The van der Waals surface area contributed by atoms with Gasteiger partial charge < -0.3 is 14.8 Å². The summed E-state index contributed by atoms with van der Waals surface area (Å²) in [6.45, 7) is 10.1. The molecule has 3 atom stereocenters. The second-order valence-corrected chi connectivity index (χ2v) is 4.65. The second kappa shape index (κ2) is 6.46. The third-order valence-electron chi connectivity index (χ3n) is 2.79. The van der Waals surface area contributed by atoms with Crippen molar-refractivity contribution in [3.8, 4) is 0 Å². The van der Waals surface area contributed by atoms with E-state index in [2.05, 4.69) is 26.1 Å². The molecule has 0 aromatic rings. The normalized spacial score (nSPS) is 34.0. The summed E-state index contributed by atoms with van der Waals surface area (Å²) in [4.78, 5) is 0. The van der Waals surface area contributed by atoms with Crippen LogP contribution in [0.2, 0.25) is 0 Å². The molecule has 0 aromatic heterocycles. The minimum atomic E-state index is 0.380. The molecule has 0 aromatic carbocycles. The first-order chi connectivity index (χ1) is 7.11. The second-order valence-electron chi connectivity index (χ2n) is 4.65. The predicted octanol–water partition coefficient (Wildman–Crippen LogP) is 1.96. The molecule has 3 nitrogen and oxygen atoms in total. The monoisotopic (exact) mass is 215 g/mol. The zero-order valence-electron chi connectivity index (χ0n) is 10.5. The van der Waals surface area contributed by atoms with Crippen molar-refractivity contribution in [3.05, 3.63) is 0 Å². The van der Waals surface area contributed by atoms with E-state index in [0.717, 1.165) is 26.1 Å². The summed E-state index contributed by atoms with van der Waals surface area (Å²) in [5, 5.41) is 3.61. The summed E-state index contributed by atoms with van der Waals surface area (Å²) in [6, 6.07) is 1.02. The van der Waals surface area contributed by atoms with Crippen LogP contribution in [0.15, 0.2) is 0 Å². The molecule has 0 bridgehead atoms. The fraction of sp³-hybridized carbons (Fsp3) is 1.00. The van der Waals surface area contributed by atoms with E-state index in [0.29, 0.717) is 24.3 Å². The highest BCUT2D eigenvalue weighted by Crippen LogP contribution is 2.19. The zero-order valence-corrected chi connectivity index (χ0v) is 10.5. The highest BCUT2D eigenvalue weighted by molar-refractivity contribution is 4.80. The van der Waals surface area contributed by atoms with E-state index in [1.54, 1.807) is 0 Å². The van der Waals surface area contributed by atoms with Gasteiger partial charge in [-0.1, -0.05) is 0 Å². The number of rotatable bonds is 5. The molecule has 1 fully saturated rings. The van der Waals surface area contributed by atoms with Crippen molar-refractivity contribution in [1.29, 1.82) is 0 Å². The summed E-state index contributed by atoms with van der Waals surface area (Å²) >= 11 is 0. The van der Waals surface area contributed by atoms with E-state index < -0.39 is 0 Å². The van der Waals surface area contributed by atoms with Crippen LogP contribution in [0.25, 0.3) is 0 Å². The molecule has 1 saturated heterocycles. The number of hydrogen-bond donors (Lipinski definition) is 1. The molecule has 1 rings (SSSR count).